The van der Waals surface area contributed by atoms with E-state index in [4.69, 9.17) is 54.9 Å². The summed E-state index contributed by atoms with van der Waals surface area (Å²) in [4.78, 5) is 44.5. The molecule has 0 saturated heterocycles. The van der Waals surface area contributed by atoms with Gasteiger partial charge < -0.3 is 34.4 Å². The van der Waals surface area contributed by atoms with Crippen molar-refractivity contribution in [3.63, 3.8) is 0 Å². The van der Waals surface area contributed by atoms with E-state index in [1.54, 1.807) is 0 Å². The molecule has 0 unspecified atom stereocenters. The molecule has 0 aromatic heterocycles. The lowest BCUT2D eigenvalue weighted by molar-refractivity contribution is -0.160. The monoisotopic (exact) mass is 621 g/mol. The third kappa shape index (κ3) is 46.0. The first-order valence-corrected chi connectivity index (χ1v) is 12.8. The van der Waals surface area contributed by atoms with Crippen LogP contribution in [0.4, 0.5) is 0 Å². The molecule has 0 aromatic carbocycles. The molecule has 0 radical (unpaired) electrons. The van der Waals surface area contributed by atoms with Gasteiger partial charge in [0.1, 0.15) is 19.3 Å². The summed E-state index contributed by atoms with van der Waals surface area (Å²) < 4.78 is 14.2. The van der Waals surface area contributed by atoms with E-state index in [9.17, 15) is 19.2 Å². The zero-order valence-electron chi connectivity index (χ0n) is 22.7. The minimum absolute atomic E-state index is 0.194. The molecule has 0 bridgehead atoms. The summed E-state index contributed by atoms with van der Waals surface area (Å²) in [6.45, 7) is 21.6. The summed E-state index contributed by atoms with van der Waals surface area (Å²) in [5.41, 5.74) is 0. The van der Waals surface area contributed by atoms with Crippen LogP contribution in [0.1, 0.15) is 20.8 Å². The number of allylic oxidation sites excluding steroid dienone is 1. The van der Waals surface area contributed by atoms with E-state index in [-0.39, 0.29) is 31.8 Å². The number of rotatable bonds is 14. The van der Waals surface area contributed by atoms with Gasteiger partial charge in [-0.15, -0.1) is 23.2 Å². The van der Waals surface area contributed by atoms with Gasteiger partial charge in [-0.25, -0.2) is 14.4 Å². The molecule has 0 aromatic rings. The summed E-state index contributed by atoms with van der Waals surface area (Å²) in [5.74, 6) is -2.07. The number of hydrogen-bond donors (Lipinski definition) is 3. The van der Waals surface area contributed by atoms with E-state index in [0.29, 0.717) is 0 Å². The molecule has 11 nitrogen and oxygen atoms in total. The van der Waals surface area contributed by atoms with E-state index in [1.807, 2.05) is 0 Å². The summed E-state index contributed by atoms with van der Waals surface area (Å²) in [5, 5.41) is 23.7. The van der Waals surface area contributed by atoms with Crippen molar-refractivity contribution in [2.45, 2.75) is 33.0 Å². The number of ether oxygens (including phenoxy) is 3. The summed E-state index contributed by atoms with van der Waals surface area (Å²) >= 11 is 14.2. The fourth-order valence-electron chi connectivity index (χ4n) is 1.53. The molecule has 0 atom stereocenters. The highest BCUT2D eigenvalue weighted by molar-refractivity contribution is 6.66. The zero-order valence-corrected chi connectivity index (χ0v) is 25.0. The first-order valence-electron chi connectivity index (χ1n) is 11.3. The van der Waals surface area contributed by atoms with Gasteiger partial charge in [-0.05, 0) is 37.3 Å². The Balaban J connectivity index is -0.000000150. The van der Waals surface area contributed by atoms with Gasteiger partial charge in [0, 0.05) is 18.2 Å². The Morgan fingerprint density at radius 1 is 0.769 bits per heavy atom. The lowest BCUT2D eigenvalue weighted by Crippen LogP contribution is -2.29. The molecule has 0 heterocycles. The quantitative estimate of drug-likeness (QED) is 0.0859. The van der Waals surface area contributed by atoms with E-state index in [1.165, 1.54) is 19.6 Å². The molecular weight excluding hydrogens is 581 g/mol. The fraction of sp³-hybridized carbons (Fsp3) is 0.520. The lowest BCUT2D eigenvalue weighted by Gasteiger charge is -2.16. The standard InChI is InChI=1S/C12H14O6.C6H15N.C3H3ClO.C3H8O3.CH2Cl2/c1-4-10(13)16-7-9(18-12(15)6-3)8-17-11(14)5-2;1-4-7(5-2)6-3;1-2-3(4)5;4-1-3(6)2-5;2-1-3/h4-6,9H,1-3,7-8H2;4-6H2,1-3H3;2H,1H2;3-6H,1-2H2;1H2. The lowest BCUT2D eigenvalue weighted by atomic mass is 10.4. The molecule has 0 aliphatic heterocycles. The van der Waals surface area contributed by atoms with E-state index in [2.05, 4.69) is 61.5 Å². The van der Waals surface area contributed by atoms with Crippen molar-refractivity contribution in [3.8, 4) is 0 Å². The van der Waals surface area contributed by atoms with Gasteiger partial charge in [0.15, 0.2) is 6.10 Å². The average molecular weight is 623 g/mol. The van der Waals surface area contributed by atoms with Gasteiger partial charge in [0.2, 0.25) is 5.24 Å². The molecule has 0 fully saturated rings. The van der Waals surface area contributed by atoms with Crippen LogP contribution >= 0.6 is 34.8 Å². The predicted octanol–water partition coefficient (Wildman–Crippen LogP) is 2.58. The third-order valence-electron chi connectivity index (χ3n) is 3.53. The highest BCUT2D eigenvalue weighted by Crippen LogP contribution is 1.98. The van der Waals surface area contributed by atoms with Crippen molar-refractivity contribution >= 4 is 58.0 Å². The van der Waals surface area contributed by atoms with E-state index >= 15 is 0 Å². The van der Waals surface area contributed by atoms with E-state index in [0.717, 1.165) is 24.3 Å². The van der Waals surface area contributed by atoms with Crippen molar-refractivity contribution in [1.82, 2.24) is 4.90 Å². The normalized spacial score (nSPS) is 8.92. The van der Waals surface area contributed by atoms with Crippen LogP contribution in [0.2, 0.25) is 0 Å². The minimum atomic E-state index is -0.954. The number of aliphatic hydroxyl groups is 3. The van der Waals surface area contributed by atoms with Crippen LogP contribution in [0.3, 0.4) is 0 Å². The first-order chi connectivity index (χ1) is 18.4. The van der Waals surface area contributed by atoms with Crippen LogP contribution in [0.15, 0.2) is 50.6 Å². The smallest absolute Gasteiger partial charge is 0.330 e. The first kappa shape index (κ1) is 46.6. The average Bonchev–Trinajstić information content (AvgIpc) is 2.95. The summed E-state index contributed by atoms with van der Waals surface area (Å²) in [6.07, 6.45) is 2.04. The van der Waals surface area contributed by atoms with Gasteiger partial charge in [-0.3, -0.25) is 4.79 Å². The highest BCUT2D eigenvalue weighted by atomic mass is 35.5. The molecule has 39 heavy (non-hydrogen) atoms. The SMILES string of the molecule is C=CC(=O)Cl.C=CC(=O)OCC(COC(=O)C=C)OC(=O)C=C.CCN(CC)CC.ClCCl.OCC(O)CO. The molecule has 0 amide bonds. The second-order valence-electron chi connectivity index (χ2n) is 6.18. The Hall–Kier alpha value is -2.25. The van der Waals surface area contributed by atoms with Crippen molar-refractivity contribution in [1.29, 1.82) is 0 Å². The van der Waals surface area contributed by atoms with Gasteiger partial charge >= 0.3 is 17.9 Å². The molecule has 0 rings (SSSR count). The van der Waals surface area contributed by atoms with E-state index < -0.39 is 35.4 Å². The van der Waals surface area contributed by atoms with Gasteiger partial charge in [-0.2, -0.15) is 0 Å². The number of alkyl halides is 2. The van der Waals surface area contributed by atoms with Gasteiger partial charge in [-0.1, -0.05) is 47.1 Å². The number of carbonyl (C=O) groups is 4. The van der Waals surface area contributed by atoms with Crippen molar-refractivity contribution in [2.75, 3.05) is 51.4 Å². The van der Waals surface area contributed by atoms with Gasteiger partial charge in [0.25, 0.3) is 0 Å². The maximum atomic E-state index is 11.0. The van der Waals surface area contributed by atoms with Crippen LogP contribution in [-0.4, -0.2) is 107 Å². The van der Waals surface area contributed by atoms with Crippen LogP contribution in [0, 0.1) is 0 Å². The fourth-order valence-corrected chi connectivity index (χ4v) is 1.53. The molecule has 0 aliphatic carbocycles. The molecule has 228 valence electrons. The largest absolute Gasteiger partial charge is 0.458 e. The third-order valence-corrected chi connectivity index (χ3v) is 3.68. The Bertz CT molecular complexity index is 641. The Kier molecular flexibility index (Phi) is 45.3. The molecular formula is C25H42Cl3NO10. The minimum Gasteiger partial charge on any atom is -0.458 e. The van der Waals surface area contributed by atoms with Crippen LogP contribution in [-0.2, 0) is 33.4 Å². The topological polar surface area (TPSA) is 160 Å². The number of aliphatic hydroxyl groups excluding tert-OH is 3. The zero-order chi connectivity index (χ0) is 31.6. The Morgan fingerprint density at radius 3 is 1.23 bits per heavy atom. The predicted molar refractivity (Wildman–Crippen MR) is 154 cm³/mol. The number of hydrogen-bond acceptors (Lipinski definition) is 11. The molecule has 0 saturated carbocycles. The molecule has 0 aliphatic rings. The second-order valence-corrected chi connectivity index (χ2v) is 7.36. The Morgan fingerprint density at radius 2 is 1.08 bits per heavy atom. The number of halogens is 3. The maximum absolute atomic E-state index is 11.0. The maximum Gasteiger partial charge on any atom is 0.330 e. The van der Waals surface area contributed by atoms with Crippen LogP contribution in [0.25, 0.3) is 0 Å². The Labute approximate surface area is 246 Å². The molecule has 0 spiro atoms. The number of carbonyl (C=O) groups excluding carboxylic acids is 4. The van der Waals surface area contributed by atoms with Crippen LogP contribution < -0.4 is 0 Å². The van der Waals surface area contributed by atoms with Crippen molar-refractivity contribution in [2.24, 2.45) is 0 Å². The van der Waals surface area contributed by atoms with Crippen molar-refractivity contribution < 1.29 is 48.7 Å². The van der Waals surface area contributed by atoms with Crippen molar-refractivity contribution in [3.05, 3.63) is 50.6 Å². The highest BCUT2D eigenvalue weighted by Gasteiger charge is 2.16. The number of nitrogens with zero attached hydrogens (tertiary/aromatic N) is 1. The number of esters is 3. The molecule has 3 N–H and O–H groups in total. The van der Waals surface area contributed by atoms with Crippen LogP contribution in [0.5, 0.6) is 0 Å². The molecule has 14 heteroatoms. The summed E-state index contributed by atoms with van der Waals surface area (Å²) in [7, 11) is 0. The second kappa shape index (κ2) is 37.9. The van der Waals surface area contributed by atoms with Gasteiger partial charge in [0.05, 0.1) is 18.6 Å². The summed E-state index contributed by atoms with van der Waals surface area (Å²) in [6, 6.07) is 0.